The number of aromatic nitrogens is 1. The normalized spacial score (nSPS) is 10.1. The molecule has 28 heavy (non-hydrogen) atoms. The van der Waals surface area contributed by atoms with E-state index in [-0.39, 0.29) is 24.0 Å². The number of carbonyl (C=O) groups is 1. The molecule has 1 aromatic heterocycles. The fourth-order valence-corrected chi connectivity index (χ4v) is 2.59. The van der Waals surface area contributed by atoms with Crippen LogP contribution in [-0.2, 0) is 6.54 Å². The highest BCUT2D eigenvalue weighted by Crippen LogP contribution is 2.22. The predicted octanol–water partition coefficient (Wildman–Crippen LogP) is 5.31. The summed E-state index contributed by atoms with van der Waals surface area (Å²) in [7, 11) is 0. The zero-order valence-electron chi connectivity index (χ0n) is 15.3. The fraction of sp³-hybridized carbons (Fsp3) is 0.143. The van der Waals surface area contributed by atoms with Crippen molar-refractivity contribution in [1.82, 2.24) is 10.3 Å². The second-order valence-corrected chi connectivity index (χ2v) is 6.25. The molecule has 5 nitrogen and oxygen atoms in total. The molecule has 0 atom stereocenters. The molecule has 0 saturated heterocycles. The lowest BCUT2D eigenvalue weighted by molar-refractivity contribution is 0.102. The fourth-order valence-electron chi connectivity index (χ4n) is 2.46. The number of anilines is 1. The Bertz CT molecular complexity index is 918. The third-order valence-corrected chi connectivity index (χ3v) is 4.08. The van der Waals surface area contributed by atoms with Crippen LogP contribution in [0.3, 0.4) is 0 Å². The Morgan fingerprint density at radius 1 is 1.04 bits per heavy atom. The Morgan fingerprint density at radius 2 is 1.79 bits per heavy atom. The molecule has 3 rings (SSSR count). The molecule has 0 radical (unpaired) electrons. The predicted molar refractivity (Wildman–Crippen MR) is 115 cm³/mol. The van der Waals surface area contributed by atoms with Crippen LogP contribution >= 0.6 is 24.0 Å². The third-order valence-electron chi connectivity index (χ3n) is 3.82. The number of nitrogens with one attached hydrogen (secondary N) is 2. The van der Waals surface area contributed by atoms with Crippen LogP contribution in [0.15, 0.2) is 66.7 Å². The molecular formula is C21H21Cl2N3O2. The average Bonchev–Trinajstić information content (AvgIpc) is 2.69. The quantitative estimate of drug-likeness (QED) is 0.546. The van der Waals surface area contributed by atoms with Crippen LogP contribution in [0, 0.1) is 0 Å². The summed E-state index contributed by atoms with van der Waals surface area (Å²) in [6, 6.07) is 19.7. The van der Waals surface area contributed by atoms with Crippen molar-refractivity contribution in [2.45, 2.75) is 13.5 Å². The molecule has 7 heteroatoms. The van der Waals surface area contributed by atoms with Gasteiger partial charge in [0.1, 0.15) is 11.4 Å². The lowest BCUT2D eigenvalue weighted by Crippen LogP contribution is -2.18. The zero-order valence-corrected chi connectivity index (χ0v) is 16.9. The van der Waals surface area contributed by atoms with E-state index in [4.69, 9.17) is 16.3 Å². The summed E-state index contributed by atoms with van der Waals surface area (Å²) in [6.07, 6.45) is 0. The van der Waals surface area contributed by atoms with Crippen LogP contribution in [0.4, 0.5) is 5.69 Å². The number of hydrogen-bond acceptors (Lipinski definition) is 4. The SMILES string of the molecule is CCNCc1ccccc1NC(=O)c1cccc(Oc2ccc(Cl)cc2)n1.Cl. The van der Waals surface area contributed by atoms with E-state index in [0.717, 1.165) is 17.8 Å². The minimum absolute atomic E-state index is 0. The molecule has 146 valence electrons. The van der Waals surface area contributed by atoms with Crippen molar-refractivity contribution in [3.05, 3.63) is 83.0 Å². The molecule has 0 bridgehead atoms. The molecule has 0 saturated carbocycles. The molecule has 0 aliphatic carbocycles. The summed E-state index contributed by atoms with van der Waals surface area (Å²) in [5.41, 5.74) is 2.05. The Balaban J connectivity index is 0.00000280. The standard InChI is InChI=1S/C21H20ClN3O2.ClH/c1-2-23-14-15-6-3-4-7-18(15)25-21(26)19-8-5-9-20(24-19)27-17-12-10-16(22)11-13-17;/h3-13,23H,2,14H2,1H3,(H,25,26);1H. The van der Waals surface area contributed by atoms with Crippen molar-refractivity contribution in [3.63, 3.8) is 0 Å². The van der Waals surface area contributed by atoms with Crippen molar-refractivity contribution in [3.8, 4) is 11.6 Å². The topological polar surface area (TPSA) is 63.2 Å². The molecule has 0 unspecified atom stereocenters. The van der Waals surface area contributed by atoms with Gasteiger partial charge >= 0.3 is 0 Å². The molecule has 0 spiro atoms. The number of hydrogen-bond donors (Lipinski definition) is 2. The number of nitrogens with zero attached hydrogens (tertiary/aromatic N) is 1. The van der Waals surface area contributed by atoms with Gasteiger partial charge in [-0.05, 0) is 48.5 Å². The van der Waals surface area contributed by atoms with E-state index in [1.807, 2.05) is 31.2 Å². The van der Waals surface area contributed by atoms with E-state index in [2.05, 4.69) is 15.6 Å². The summed E-state index contributed by atoms with van der Waals surface area (Å²) in [5.74, 6) is 0.645. The van der Waals surface area contributed by atoms with Crippen molar-refractivity contribution in [1.29, 1.82) is 0 Å². The van der Waals surface area contributed by atoms with Crippen LogP contribution < -0.4 is 15.4 Å². The third kappa shape index (κ3) is 5.96. The summed E-state index contributed by atoms with van der Waals surface area (Å²) >= 11 is 5.87. The van der Waals surface area contributed by atoms with Crippen molar-refractivity contribution >= 4 is 35.6 Å². The number of halogens is 2. The monoisotopic (exact) mass is 417 g/mol. The number of rotatable bonds is 7. The number of carbonyl (C=O) groups excluding carboxylic acids is 1. The first kappa shape index (κ1) is 21.7. The average molecular weight is 418 g/mol. The lowest BCUT2D eigenvalue weighted by atomic mass is 10.1. The van der Waals surface area contributed by atoms with Crippen LogP contribution in [0.5, 0.6) is 11.6 Å². The first-order valence-corrected chi connectivity index (χ1v) is 9.04. The van der Waals surface area contributed by atoms with E-state index in [9.17, 15) is 4.79 Å². The minimum atomic E-state index is -0.291. The highest BCUT2D eigenvalue weighted by molar-refractivity contribution is 6.30. The Labute approximate surface area is 175 Å². The molecule has 1 heterocycles. The van der Waals surface area contributed by atoms with E-state index in [0.29, 0.717) is 23.2 Å². The first-order chi connectivity index (χ1) is 13.2. The largest absolute Gasteiger partial charge is 0.439 e. The van der Waals surface area contributed by atoms with Gasteiger partial charge in [-0.1, -0.05) is 42.8 Å². The number of amides is 1. The second-order valence-electron chi connectivity index (χ2n) is 5.81. The summed E-state index contributed by atoms with van der Waals surface area (Å²) in [4.78, 5) is 16.9. The van der Waals surface area contributed by atoms with Crippen molar-refractivity contribution < 1.29 is 9.53 Å². The molecular weight excluding hydrogens is 397 g/mol. The van der Waals surface area contributed by atoms with Crippen LogP contribution in [0.1, 0.15) is 23.0 Å². The van der Waals surface area contributed by atoms with Crippen LogP contribution in [0.25, 0.3) is 0 Å². The van der Waals surface area contributed by atoms with Crippen molar-refractivity contribution in [2.75, 3.05) is 11.9 Å². The maximum absolute atomic E-state index is 12.6. The lowest BCUT2D eigenvalue weighted by Gasteiger charge is -2.11. The number of pyridine rings is 1. The molecule has 0 aliphatic rings. The molecule has 0 aliphatic heterocycles. The number of para-hydroxylation sites is 1. The maximum atomic E-state index is 12.6. The Morgan fingerprint density at radius 3 is 2.54 bits per heavy atom. The van der Waals surface area contributed by atoms with Gasteiger partial charge in [-0.2, -0.15) is 0 Å². The van der Waals surface area contributed by atoms with Crippen LogP contribution in [0.2, 0.25) is 5.02 Å². The number of ether oxygens (including phenoxy) is 1. The smallest absolute Gasteiger partial charge is 0.274 e. The zero-order chi connectivity index (χ0) is 19.1. The van der Waals surface area contributed by atoms with E-state index >= 15 is 0 Å². The van der Waals surface area contributed by atoms with E-state index in [1.54, 1.807) is 42.5 Å². The van der Waals surface area contributed by atoms with Gasteiger partial charge in [0, 0.05) is 23.3 Å². The molecule has 0 fully saturated rings. The van der Waals surface area contributed by atoms with Gasteiger partial charge in [0.2, 0.25) is 5.88 Å². The van der Waals surface area contributed by atoms with E-state index in [1.165, 1.54) is 0 Å². The summed E-state index contributed by atoms with van der Waals surface area (Å²) in [5, 5.41) is 6.81. The highest BCUT2D eigenvalue weighted by Gasteiger charge is 2.11. The minimum Gasteiger partial charge on any atom is -0.439 e. The van der Waals surface area contributed by atoms with Crippen LogP contribution in [-0.4, -0.2) is 17.4 Å². The second kappa shape index (κ2) is 10.7. The summed E-state index contributed by atoms with van der Waals surface area (Å²) < 4.78 is 5.69. The first-order valence-electron chi connectivity index (χ1n) is 8.66. The molecule has 2 aromatic carbocycles. The maximum Gasteiger partial charge on any atom is 0.274 e. The van der Waals surface area contributed by atoms with Gasteiger partial charge < -0.3 is 15.4 Å². The molecule has 2 N–H and O–H groups in total. The summed E-state index contributed by atoms with van der Waals surface area (Å²) in [6.45, 7) is 3.57. The van der Waals surface area contributed by atoms with Crippen molar-refractivity contribution in [2.24, 2.45) is 0 Å². The van der Waals surface area contributed by atoms with Gasteiger partial charge in [-0.25, -0.2) is 4.98 Å². The Hall–Kier alpha value is -2.60. The van der Waals surface area contributed by atoms with E-state index < -0.39 is 0 Å². The molecule has 3 aromatic rings. The van der Waals surface area contributed by atoms with Gasteiger partial charge in [0.15, 0.2) is 0 Å². The number of benzene rings is 2. The van der Waals surface area contributed by atoms with Gasteiger partial charge in [0.25, 0.3) is 5.91 Å². The molecule has 1 amide bonds. The van der Waals surface area contributed by atoms with Gasteiger partial charge in [0.05, 0.1) is 0 Å². The van der Waals surface area contributed by atoms with Gasteiger partial charge in [-0.15, -0.1) is 12.4 Å². The van der Waals surface area contributed by atoms with Gasteiger partial charge in [-0.3, -0.25) is 4.79 Å². The Kier molecular flexibility index (Phi) is 8.26. The highest BCUT2D eigenvalue weighted by atomic mass is 35.5.